The Morgan fingerprint density at radius 3 is 3.15 bits per heavy atom. The highest BCUT2D eigenvalue weighted by Crippen LogP contribution is 2.16. The fourth-order valence-electron chi connectivity index (χ4n) is 2.01. The molecule has 0 spiro atoms. The molecule has 0 aliphatic carbocycles. The second-order valence-electron chi connectivity index (χ2n) is 4.50. The molecule has 1 atom stereocenters. The highest BCUT2D eigenvalue weighted by Gasteiger charge is 2.19. The monoisotopic (exact) mass is 274 g/mol. The van der Waals surface area contributed by atoms with Gasteiger partial charge in [-0.15, -0.1) is 10.2 Å². The summed E-state index contributed by atoms with van der Waals surface area (Å²) in [6.45, 7) is 1.22. The predicted octanol–water partition coefficient (Wildman–Crippen LogP) is 1.04. The molecule has 1 N–H and O–H groups in total. The van der Waals surface area contributed by atoms with E-state index in [1.807, 2.05) is 0 Å². The smallest absolute Gasteiger partial charge is 0.308 e. The van der Waals surface area contributed by atoms with Crippen LogP contribution in [-0.2, 0) is 4.74 Å². The zero-order valence-corrected chi connectivity index (χ0v) is 10.8. The van der Waals surface area contributed by atoms with Crippen LogP contribution in [0.1, 0.15) is 23.5 Å². The number of nitrogens with zero attached hydrogens (tertiary/aromatic N) is 3. The van der Waals surface area contributed by atoms with Gasteiger partial charge in [-0.25, -0.2) is 0 Å². The maximum Gasteiger partial charge on any atom is 0.308 e. The quantitative estimate of drug-likeness (QED) is 0.895. The van der Waals surface area contributed by atoms with Crippen molar-refractivity contribution in [1.29, 1.82) is 0 Å². The standard InChI is InChI=1S/C13H14N4O3/c18-11(15-8-10-4-2-6-19-10)13-17-16-12(20-13)9-3-1-5-14-7-9/h1,3,5,7,10H,2,4,6,8H2,(H,15,18). The van der Waals surface area contributed by atoms with Gasteiger partial charge in [0, 0.05) is 25.5 Å². The molecule has 1 aliphatic heterocycles. The summed E-state index contributed by atoms with van der Waals surface area (Å²) in [5, 5.41) is 10.3. The van der Waals surface area contributed by atoms with Gasteiger partial charge in [0.1, 0.15) is 0 Å². The summed E-state index contributed by atoms with van der Waals surface area (Å²) in [7, 11) is 0. The maximum atomic E-state index is 11.9. The molecule has 1 saturated heterocycles. The number of pyridine rings is 1. The molecule has 3 rings (SSSR count). The van der Waals surface area contributed by atoms with Gasteiger partial charge in [-0.05, 0) is 25.0 Å². The number of nitrogens with one attached hydrogen (secondary N) is 1. The van der Waals surface area contributed by atoms with Crippen LogP contribution >= 0.6 is 0 Å². The number of carbonyl (C=O) groups is 1. The van der Waals surface area contributed by atoms with Gasteiger partial charge in [-0.3, -0.25) is 9.78 Å². The summed E-state index contributed by atoms with van der Waals surface area (Å²) in [6, 6.07) is 3.55. The second-order valence-corrected chi connectivity index (χ2v) is 4.50. The maximum absolute atomic E-state index is 11.9. The largest absolute Gasteiger partial charge is 0.412 e. The van der Waals surface area contributed by atoms with Gasteiger partial charge in [0.25, 0.3) is 0 Å². The summed E-state index contributed by atoms with van der Waals surface area (Å²) < 4.78 is 10.8. The summed E-state index contributed by atoms with van der Waals surface area (Å²) in [5.41, 5.74) is 0.679. The summed E-state index contributed by atoms with van der Waals surface area (Å²) >= 11 is 0. The van der Waals surface area contributed by atoms with Crippen molar-refractivity contribution in [2.24, 2.45) is 0 Å². The lowest BCUT2D eigenvalue weighted by atomic mass is 10.2. The molecular formula is C13H14N4O3. The number of amides is 1. The van der Waals surface area contributed by atoms with E-state index in [4.69, 9.17) is 9.15 Å². The molecule has 3 heterocycles. The number of carbonyl (C=O) groups excluding carboxylic acids is 1. The van der Waals surface area contributed by atoms with E-state index in [1.54, 1.807) is 24.5 Å². The average molecular weight is 274 g/mol. The minimum Gasteiger partial charge on any atom is -0.412 e. The van der Waals surface area contributed by atoms with Crippen molar-refractivity contribution >= 4 is 5.91 Å². The molecule has 0 radical (unpaired) electrons. The molecule has 0 bridgehead atoms. The third-order valence-electron chi connectivity index (χ3n) is 3.04. The first-order chi connectivity index (χ1) is 9.83. The van der Waals surface area contributed by atoms with E-state index in [9.17, 15) is 4.79 Å². The number of hydrogen-bond donors (Lipinski definition) is 1. The molecule has 1 amide bonds. The zero-order chi connectivity index (χ0) is 13.8. The Hall–Kier alpha value is -2.28. The highest BCUT2D eigenvalue weighted by molar-refractivity contribution is 5.89. The molecule has 1 aliphatic rings. The predicted molar refractivity (Wildman–Crippen MR) is 68.8 cm³/mol. The summed E-state index contributed by atoms with van der Waals surface area (Å²) in [6.07, 6.45) is 5.33. The zero-order valence-electron chi connectivity index (χ0n) is 10.8. The molecule has 2 aromatic heterocycles. The van der Waals surface area contributed by atoms with Gasteiger partial charge in [0.15, 0.2) is 0 Å². The topological polar surface area (TPSA) is 90.1 Å². The van der Waals surface area contributed by atoms with Crippen LogP contribution in [0, 0.1) is 0 Å². The van der Waals surface area contributed by atoms with E-state index in [2.05, 4.69) is 20.5 Å². The Balaban J connectivity index is 1.62. The van der Waals surface area contributed by atoms with Crippen LogP contribution in [0.3, 0.4) is 0 Å². The Morgan fingerprint density at radius 1 is 1.45 bits per heavy atom. The summed E-state index contributed by atoms with van der Waals surface area (Å²) in [4.78, 5) is 15.8. The molecule has 104 valence electrons. The van der Waals surface area contributed by atoms with Crippen molar-refractivity contribution in [1.82, 2.24) is 20.5 Å². The third-order valence-corrected chi connectivity index (χ3v) is 3.04. The van der Waals surface area contributed by atoms with Gasteiger partial charge in [0.2, 0.25) is 5.89 Å². The van der Waals surface area contributed by atoms with Crippen LogP contribution in [0.15, 0.2) is 28.9 Å². The average Bonchev–Trinajstić information content (AvgIpc) is 3.17. The minimum atomic E-state index is -0.386. The van der Waals surface area contributed by atoms with E-state index in [0.717, 1.165) is 19.4 Å². The van der Waals surface area contributed by atoms with Crippen molar-refractivity contribution in [3.63, 3.8) is 0 Å². The Labute approximate surface area is 115 Å². The van der Waals surface area contributed by atoms with Crippen LogP contribution in [0.5, 0.6) is 0 Å². The van der Waals surface area contributed by atoms with Gasteiger partial charge in [-0.1, -0.05) is 0 Å². The van der Waals surface area contributed by atoms with E-state index < -0.39 is 0 Å². The summed E-state index contributed by atoms with van der Waals surface area (Å²) in [5.74, 6) is -0.162. The van der Waals surface area contributed by atoms with Crippen molar-refractivity contribution in [2.45, 2.75) is 18.9 Å². The molecule has 0 aromatic carbocycles. The van der Waals surface area contributed by atoms with Crippen LogP contribution in [-0.4, -0.2) is 40.3 Å². The van der Waals surface area contributed by atoms with E-state index in [1.165, 1.54) is 0 Å². The SMILES string of the molecule is O=C(NCC1CCCO1)c1nnc(-c2cccnc2)o1. The fourth-order valence-corrected chi connectivity index (χ4v) is 2.01. The van der Waals surface area contributed by atoms with Gasteiger partial charge in [0.05, 0.1) is 11.7 Å². The lowest BCUT2D eigenvalue weighted by molar-refractivity contribution is 0.0830. The van der Waals surface area contributed by atoms with Crippen molar-refractivity contribution < 1.29 is 13.9 Å². The molecule has 0 saturated carbocycles. The van der Waals surface area contributed by atoms with Gasteiger partial charge in [-0.2, -0.15) is 0 Å². The minimum absolute atomic E-state index is 0.0538. The van der Waals surface area contributed by atoms with E-state index >= 15 is 0 Å². The van der Waals surface area contributed by atoms with Crippen LogP contribution < -0.4 is 5.32 Å². The molecule has 1 unspecified atom stereocenters. The van der Waals surface area contributed by atoms with Crippen LogP contribution in [0.25, 0.3) is 11.5 Å². The number of rotatable bonds is 4. The van der Waals surface area contributed by atoms with Crippen LogP contribution in [0.2, 0.25) is 0 Å². The van der Waals surface area contributed by atoms with E-state index in [0.29, 0.717) is 12.1 Å². The Bertz CT molecular complexity index is 578. The molecule has 20 heavy (non-hydrogen) atoms. The Morgan fingerprint density at radius 2 is 2.40 bits per heavy atom. The van der Waals surface area contributed by atoms with Crippen molar-refractivity contribution in [2.75, 3.05) is 13.2 Å². The van der Waals surface area contributed by atoms with Crippen molar-refractivity contribution in [3.05, 3.63) is 30.4 Å². The molecule has 1 fully saturated rings. The van der Waals surface area contributed by atoms with E-state index in [-0.39, 0.29) is 23.8 Å². The van der Waals surface area contributed by atoms with Gasteiger partial charge >= 0.3 is 11.8 Å². The first kappa shape index (κ1) is 12.7. The van der Waals surface area contributed by atoms with Crippen molar-refractivity contribution in [3.8, 4) is 11.5 Å². The number of hydrogen-bond acceptors (Lipinski definition) is 6. The van der Waals surface area contributed by atoms with Crippen LogP contribution in [0.4, 0.5) is 0 Å². The molecule has 7 nitrogen and oxygen atoms in total. The third kappa shape index (κ3) is 2.83. The lowest BCUT2D eigenvalue weighted by Gasteiger charge is -2.08. The number of ether oxygens (including phenoxy) is 1. The highest BCUT2D eigenvalue weighted by atomic mass is 16.5. The molecule has 7 heteroatoms. The molecular weight excluding hydrogens is 260 g/mol. The lowest BCUT2D eigenvalue weighted by Crippen LogP contribution is -2.31. The normalized spacial score (nSPS) is 18.1. The van der Waals surface area contributed by atoms with Gasteiger partial charge < -0.3 is 14.5 Å². The Kier molecular flexibility index (Phi) is 3.69. The second kappa shape index (κ2) is 5.79. The fraction of sp³-hybridized carbons (Fsp3) is 0.385. The first-order valence-electron chi connectivity index (χ1n) is 6.46. The first-order valence-corrected chi connectivity index (χ1v) is 6.46. The number of aromatic nitrogens is 3. The molecule has 2 aromatic rings.